The minimum absolute atomic E-state index is 0.752. The maximum Gasteiger partial charge on any atom is 0.136 e. The fourth-order valence-corrected chi connectivity index (χ4v) is 1.41. The quantitative estimate of drug-likeness (QED) is 0.655. The average molecular weight is 175 g/mol. The second-order valence-electron chi connectivity index (χ2n) is 3.43. The van der Waals surface area contributed by atoms with Crippen molar-refractivity contribution in [3.8, 4) is 0 Å². The van der Waals surface area contributed by atoms with Gasteiger partial charge in [-0.05, 0) is 32.4 Å². The van der Waals surface area contributed by atoms with Crippen LogP contribution < -0.4 is 5.32 Å². The zero-order chi connectivity index (χ0) is 9.42. The van der Waals surface area contributed by atoms with Crippen molar-refractivity contribution in [3.63, 3.8) is 0 Å². The Bertz CT molecular complexity index is 380. The summed E-state index contributed by atoms with van der Waals surface area (Å²) < 4.78 is 0. The van der Waals surface area contributed by atoms with Crippen molar-refractivity contribution in [2.24, 2.45) is 4.99 Å². The van der Waals surface area contributed by atoms with E-state index in [2.05, 4.69) is 28.3 Å². The van der Waals surface area contributed by atoms with E-state index in [0.717, 1.165) is 23.9 Å². The van der Waals surface area contributed by atoms with Crippen LogP contribution in [0, 0.1) is 13.8 Å². The molecule has 0 amide bonds. The van der Waals surface area contributed by atoms with Crippen LogP contribution in [0.5, 0.6) is 0 Å². The molecule has 1 N–H and O–H groups in total. The molecule has 2 rings (SSSR count). The number of hydrogen-bond acceptors (Lipinski definition) is 3. The van der Waals surface area contributed by atoms with Gasteiger partial charge in [0.15, 0.2) is 0 Å². The largest absolute Gasteiger partial charge is 0.329 e. The second kappa shape index (κ2) is 2.83. The van der Waals surface area contributed by atoms with E-state index in [9.17, 15) is 0 Å². The Morgan fingerprint density at radius 2 is 2.08 bits per heavy atom. The van der Waals surface area contributed by atoms with Gasteiger partial charge in [0.05, 0.1) is 12.4 Å². The van der Waals surface area contributed by atoms with Crippen LogP contribution in [0.4, 0.5) is 5.82 Å². The highest BCUT2D eigenvalue weighted by Gasteiger charge is 2.11. The molecule has 1 aromatic rings. The van der Waals surface area contributed by atoms with E-state index in [1.807, 2.05) is 13.8 Å². The number of anilines is 1. The Morgan fingerprint density at radius 3 is 2.85 bits per heavy atom. The monoisotopic (exact) mass is 175 g/mol. The highest BCUT2D eigenvalue weighted by Crippen LogP contribution is 2.20. The van der Waals surface area contributed by atoms with E-state index in [0.29, 0.717) is 0 Å². The first kappa shape index (κ1) is 8.23. The summed E-state index contributed by atoms with van der Waals surface area (Å²) in [6.07, 6.45) is 0. The van der Waals surface area contributed by atoms with Crippen LogP contribution in [0.1, 0.15) is 23.7 Å². The van der Waals surface area contributed by atoms with Gasteiger partial charge in [-0.1, -0.05) is 0 Å². The molecule has 1 aliphatic rings. The lowest BCUT2D eigenvalue weighted by atomic mass is 10.1. The minimum atomic E-state index is 0.752. The molecule has 0 bridgehead atoms. The molecule has 2 heterocycles. The molecule has 1 aromatic heterocycles. The number of fused-ring (bicyclic) bond motifs is 1. The molecule has 0 aromatic carbocycles. The van der Waals surface area contributed by atoms with E-state index in [-0.39, 0.29) is 0 Å². The van der Waals surface area contributed by atoms with Crippen LogP contribution in [0.3, 0.4) is 0 Å². The average Bonchev–Trinajstić information content (AvgIpc) is 2.08. The summed E-state index contributed by atoms with van der Waals surface area (Å²) in [5, 5.41) is 3.17. The molecule has 68 valence electrons. The van der Waals surface area contributed by atoms with Crippen molar-refractivity contribution in [3.05, 3.63) is 22.9 Å². The molecule has 13 heavy (non-hydrogen) atoms. The van der Waals surface area contributed by atoms with Crippen molar-refractivity contribution < 1.29 is 0 Å². The van der Waals surface area contributed by atoms with E-state index < -0.39 is 0 Å². The van der Waals surface area contributed by atoms with Crippen LogP contribution in [0.25, 0.3) is 0 Å². The number of aliphatic imine (C=N–C) groups is 1. The van der Waals surface area contributed by atoms with Gasteiger partial charge in [0.1, 0.15) is 5.82 Å². The van der Waals surface area contributed by atoms with Crippen molar-refractivity contribution in [1.29, 1.82) is 0 Å². The number of nitrogens with one attached hydrogen (secondary N) is 1. The zero-order valence-corrected chi connectivity index (χ0v) is 8.18. The predicted octanol–water partition coefficient (Wildman–Crippen LogP) is 2.04. The number of amidine groups is 1. The van der Waals surface area contributed by atoms with E-state index in [1.54, 1.807) is 0 Å². The normalized spacial score (nSPS) is 14.5. The molecule has 0 radical (unpaired) electrons. The highest BCUT2D eigenvalue weighted by molar-refractivity contribution is 5.94. The number of aromatic nitrogens is 1. The lowest BCUT2D eigenvalue weighted by Gasteiger charge is -2.16. The van der Waals surface area contributed by atoms with Gasteiger partial charge < -0.3 is 5.32 Å². The Balaban J connectivity index is 2.48. The molecule has 0 fully saturated rings. The molecule has 0 spiro atoms. The summed E-state index contributed by atoms with van der Waals surface area (Å²) in [6.45, 7) is 6.81. The van der Waals surface area contributed by atoms with Crippen LogP contribution in [0.15, 0.2) is 11.1 Å². The molecule has 3 heteroatoms. The lowest BCUT2D eigenvalue weighted by molar-refractivity contribution is 0.996. The van der Waals surface area contributed by atoms with Crippen molar-refractivity contribution in [1.82, 2.24) is 4.98 Å². The van der Waals surface area contributed by atoms with Crippen LogP contribution in [-0.4, -0.2) is 10.8 Å². The minimum Gasteiger partial charge on any atom is -0.329 e. The van der Waals surface area contributed by atoms with Crippen molar-refractivity contribution in [2.45, 2.75) is 27.3 Å². The summed E-state index contributed by atoms with van der Waals surface area (Å²) in [7, 11) is 0. The molecule has 0 aliphatic carbocycles. The number of pyridine rings is 1. The van der Waals surface area contributed by atoms with E-state index in [1.165, 1.54) is 11.1 Å². The van der Waals surface area contributed by atoms with Crippen molar-refractivity contribution >= 4 is 11.7 Å². The topological polar surface area (TPSA) is 37.3 Å². The molecule has 0 saturated carbocycles. The molecule has 0 saturated heterocycles. The molecule has 1 aliphatic heterocycles. The molecule has 0 unspecified atom stereocenters. The third-order valence-electron chi connectivity index (χ3n) is 2.33. The zero-order valence-electron chi connectivity index (χ0n) is 8.18. The fraction of sp³-hybridized carbons (Fsp3) is 0.400. The SMILES string of the molecule is CC1=NCc2cc(C)c(C)nc2N1. The maximum atomic E-state index is 4.47. The number of rotatable bonds is 0. The van der Waals surface area contributed by atoms with Gasteiger partial charge in [0.2, 0.25) is 0 Å². The Morgan fingerprint density at radius 1 is 1.31 bits per heavy atom. The Kier molecular flexibility index (Phi) is 1.79. The molecule has 3 nitrogen and oxygen atoms in total. The smallest absolute Gasteiger partial charge is 0.136 e. The summed E-state index contributed by atoms with van der Waals surface area (Å²) >= 11 is 0. The number of nitrogens with zero attached hydrogens (tertiary/aromatic N) is 2. The molecular formula is C10H13N3. The molecule has 0 atom stereocenters. The van der Waals surface area contributed by atoms with Crippen LogP contribution in [-0.2, 0) is 6.54 Å². The third kappa shape index (κ3) is 1.41. The first-order chi connectivity index (χ1) is 6.16. The van der Waals surface area contributed by atoms with Crippen LogP contribution in [0.2, 0.25) is 0 Å². The van der Waals surface area contributed by atoms with E-state index in [4.69, 9.17) is 0 Å². The highest BCUT2D eigenvalue weighted by atomic mass is 15.1. The second-order valence-corrected chi connectivity index (χ2v) is 3.43. The summed E-state index contributed by atoms with van der Waals surface area (Å²) in [5.74, 6) is 1.92. The summed E-state index contributed by atoms with van der Waals surface area (Å²) in [4.78, 5) is 8.78. The lowest BCUT2D eigenvalue weighted by Crippen LogP contribution is -2.16. The van der Waals surface area contributed by atoms with Gasteiger partial charge >= 0.3 is 0 Å². The standard InChI is InChI=1S/C10H13N3/c1-6-4-9-5-11-8(3)13-10(9)12-7(6)2/h4H,5H2,1-3H3,(H,11,12,13). The summed E-state index contributed by atoms with van der Waals surface area (Å²) in [5.41, 5.74) is 3.50. The first-order valence-corrected chi connectivity index (χ1v) is 4.42. The fourth-order valence-electron chi connectivity index (χ4n) is 1.41. The number of hydrogen-bond donors (Lipinski definition) is 1. The first-order valence-electron chi connectivity index (χ1n) is 4.42. The Hall–Kier alpha value is -1.38. The third-order valence-corrected chi connectivity index (χ3v) is 2.33. The van der Waals surface area contributed by atoms with Gasteiger partial charge in [0.25, 0.3) is 0 Å². The van der Waals surface area contributed by atoms with E-state index >= 15 is 0 Å². The number of aryl methyl sites for hydroxylation is 2. The molecular weight excluding hydrogens is 162 g/mol. The maximum absolute atomic E-state index is 4.47. The van der Waals surface area contributed by atoms with Gasteiger partial charge in [-0.3, -0.25) is 4.99 Å². The van der Waals surface area contributed by atoms with Gasteiger partial charge in [-0.25, -0.2) is 4.98 Å². The van der Waals surface area contributed by atoms with Gasteiger partial charge in [-0.2, -0.15) is 0 Å². The van der Waals surface area contributed by atoms with Gasteiger partial charge in [-0.15, -0.1) is 0 Å². The van der Waals surface area contributed by atoms with Gasteiger partial charge in [0, 0.05) is 11.3 Å². The van der Waals surface area contributed by atoms with Crippen molar-refractivity contribution in [2.75, 3.05) is 5.32 Å². The summed E-state index contributed by atoms with van der Waals surface area (Å²) in [6, 6.07) is 2.15. The Labute approximate surface area is 77.9 Å². The predicted molar refractivity (Wildman–Crippen MR) is 54.1 cm³/mol. The van der Waals surface area contributed by atoms with Crippen LogP contribution >= 0.6 is 0 Å².